The highest BCUT2D eigenvalue weighted by atomic mass is 16.1. The number of rotatable bonds is 5. The summed E-state index contributed by atoms with van der Waals surface area (Å²) >= 11 is 0. The summed E-state index contributed by atoms with van der Waals surface area (Å²) < 4.78 is 0. The Kier molecular flexibility index (Phi) is 5.02. The van der Waals surface area contributed by atoms with Gasteiger partial charge in [-0.15, -0.1) is 0 Å². The molecule has 1 amide bonds. The van der Waals surface area contributed by atoms with Crippen LogP contribution in [0.15, 0.2) is 79.1 Å². The van der Waals surface area contributed by atoms with Crippen molar-refractivity contribution in [1.82, 2.24) is 4.98 Å². The molecule has 1 unspecified atom stereocenters. The lowest BCUT2D eigenvalue weighted by Crippen LogP contribution is -2.23. The van der Waals surface area contributed by atoms with Gasteiger partial charge in [0.2, 0.25) is 5.91 Å². The van der Waals surface area contributed by atoms with Crippen molar-refractivity contribution in [2.75, 3.05) is 5.32 Å². The second kappa shape index (κ2) is 7.55. The zero-order chi connectivity index (χ0) is 16.8. The molecule has 120 valence electrons. The van der Waals surface area contributed by atoms with Gasteiger partial charge in [-0.05, 0) is 48.2 Å². The number of carbonyl (C=O) groups excluding carboxylic acids is 1. The van der Waals surface area contributed by atoms with Crippen LogP contribution in [0.1, 0.15) is 22.6 Å². The first-order valence-electron chi connectivity index (χ1n) is 8.04. The molecule has 0 saturated heterocycles. The molecule has 0 aliphatic rings. The van der Waals surface area contributed by atoms with Crippen LogP contribution in [0, 0.1) is 6.92 Å². The Labute approximate surface area is 142 Å². The molecule has 3 heteroatoms. The Morgan fingerprint density at radius 1 is 0.958 bits per heavy atom. The third kappa shape index (κ3) is 3.87. The third-order valence-corrected chi connectivity index (χ3v) is 4.11. The van der Waals surface area contributed by atoms with Gasteiger partial charge in [-0.2, -0.15) is 0 Å². The fourth-order valence-electron chi connectivity index (χ4n) is 2.73. The molecule has 0 aliphatic carbocycles. The first-order chi connectivity index (χ1) is 11.7. The molecular formula is C21H20N2O. The number of aromatic nitrogens is 1. The number of amides is 1. The van der Waals surface area contributed by atoms with Gasteiger partial charge >= 0.3 is 0 Å². The van der Waals surface area contributed by atoms with Crippen molar-refractivity contribution in [3.05, 3.63) is 95.8 Å². The topological polar surface area (TPSA) is 42.0 Å². The molecule has 0 radical (unpaired) electrons. The highest BCUT2D eigenvalue weighted by Crippen LogP contribution is 2.24. The van der Waals surface area contributed by atoms with Crippen LogP contribution < -0.4 is 5.32 Å². The SMILES string of the molecule is Cc1ccccc1NC(=O)C(Cc1ccncc1)c1ccccc1. The van der Waals surface area contributed by atoms with Gasteiger partial charge in [-0.3, -0.25) is 9.78 Å². The number of carbonyl (C=O) groups is 1. The molecule has 3 nitrogen and oxygen atoms in total. The second-order valence-electron chi connectivity index (χ2n) is 5.83. The molecule has 1 N–H and O–H groups in total. The molecule has 1 aromatic heterocycles. The predicted molar refractivity (Wildman–Crippen MR) is 96.9 cm³/mol. The second-order valence-corrected chi connectivity index (χ2v) is 5.83. The molecular weight excluding hydrogens is 296 g/mol. The summed E-state index contributed by atoms with van der Waals surface area (Å²) in [4.78, 5) is 17.0. The normalized spacial score (nSPS) is 11.7. The van der Waals surface area contributed by atoms with E-state index >= 15 is 0 Å². The molecule has 0 aliphatic heterocycles. The quantitative estimate of drug-likeness (QED) is 0.760. The van der Waals surface area contributed by atoms with E-state index in [9.17, 15) is 4.79 Å². The van der Waals surface area contributed by atoms with Gasteiger partial charge in [-0.1, -0.05) is 48.5 Å². The van der Waals surface area contributed by atoms with E-state index in [0.717, 1.165) is 22.4 Å². The van der Waals surface area contributed by atoms with Crippen molar-refractivity contribution in [3.63, 3.8) is 0 Å². The maximum atomic E-state index is 12.9. The van der Waals surface area contributed by atoms with Crippen LogP contribution >= 0.6 is 0 Å². The minimum atomic E-state index is -0.242. The fourth-order valence-corrected chi connectivity index (χ4v) is 2.73. The standard InChI is InChI=1S/C21H20N2O/c1-16-7-5-6-10-20(16)23-21(24)19(18-8-3-2-4-9-18)15-17-11-13-22-14-12-17/h2-14,19H,15H2,1H3,(H,23,24). The van der Waals surface area contributed by atoms with Gasteiger partial charge in [0.1, 0.15) is 0 Å². The fraction of sp³-hybridized carbons (Fsp3) is 0.143. The molecule has 1 atom stereocenters. The van der Waals surface area contributed by atoms with E-state index in [0.29, 0.717) is 6.42 Å². The van der Waals surface area contributed by atoms with E-state index < -0.39 is 0 Å². The summed E-state index contributed by atoms with van der Waals surface area (Å²) in [7, 11) is 0. The number of aryl methyl sites for hydroxylation is 1. The lowest BCUT2D eigenvalue weighted by molar-refractivity contribution is -0.117. The van der Waals surface area contributed by atoms with Crippen molar-refractivity contribution in [1.29, 1.82) is 0 Å². The van der Waals surface area contributed by atoms with E-state index in [2.05, 4.69) is 10.3 Å². The van der Waals surface area contributed by atoms with Crippen LogP contribution in [0.3, 0.4) is 0 Å². The molecule has 3 aromatic rings. The third-order valence-electron chi connectivity index (χ3n) is 4.11. The van der Waals surface area contributed by atoms with Crippen LogP contribution in [0.2, 0.25) is 0 Å². The van der Waals surface area contributed by atoms with E-state index in [1.165, 1.54) is 0 Å². The van der Waals surface area contributed by atoms with Gasteiger partial charge in [-0.25, -0.2) is 0 Å². The van der Waals surface area contributed by atoms with Crippen LogP contribution in [-0.2, 0) is 11.2 Å². The lowest BCUT2D eigenvalue weighted by atomic mass is 9.91. The summed E-state index contributed by atoms with van der Waals surface area (Å²) in [6.07, 6.45) is 4.16. The molecule has 2 aromatic carbocycles. The van der Waals surface area contributed by atoms with Gasteiger partial charge < -0.3 is 5.32 Å². The Bertz CT molecular complexity index is 800. The highest BCUT2D eigenvalue weighted by Gasteiger charge is 2.21. The van der Waals surface area contributed by atoms with E-state index in [-0.39, 0.29) is 11.8 Å². The zero-order valence-electron chi connectivity index (χ0n) is 13.6. The smallest absolute Gasteiger partial charge is 0.232 e. The average molecular weight is 316 g/mol. The maximum Gasteiger partial charge on any atom is 0.232 e. The summed E-state index contributed by atoms with van der Waals surface area (Å²) in [5.41, 5.74) is 4.03. The minimum Gasteiger partial charge on any atom is -0.325 e. The van der Waals surface area contributed by atoms with E-state index in [1.807, 2.05) is 73.7 Å². The van der Waals surface area contributed by atoms with E-state index in [4.69, 9.17) is 0 Å². The number of pyridine rings is 1. The zero-order valence-corrected chi connectivity index (χ0v) is 13.6. The number of hydrogen-bond donors (Lipinski definition) is 1. The van der Waals surface area contributed by atoms with Crippen molar-refractivity contribution < 1.29 is 4.79 Å². The van der Waals surface area contributed by atoms with Gasteiger partial charge in [0.05, 0.1) is 5.92 Å². The van der Waals surface area contributed by atoms with Crippen molar-refractivity contribution in [2.45, 2.75) is 19.3 Å². The van der Waals surface area contributed by atoms with Gasteiger partial charge in [0.25, 0.3) is 0 Å². The number of nitrogens with one attached hydrogen (secondary N) is 1. The van der Waals surface area contributed by atoms with Crippen LogP contribution in [0.25, 0.3) is 0 Å². The number of anilines is 1. The summed E-state index contributed by atoms with van der Waals surface area (Å²) in [5, 5.41) is 3.07. The van der Waals surface area contributed by atoms with Crippen molar-refractivity contribution in [3.8, 4) is 0 Å². The highest BCUT2D eigenvalue weighted by molar-refractivity contribution is 5.96. The Hall–Kier alpha value is -2.94. The van der Waals surface area contributed by atoms with Crippen LogP contribution in [0.5, 0.6) is 0 Å². The molecule has 24 heavy (non-hydrogen) atoms. The average Bonchev–Trinajstić information content (AvgIpc) is 2.63. The van der Waals surface area contributed by atoms with Crippen molar-refractivity contribution in [2.24, 2.45) is 0 Å². The van der Waals surface area contributed by atoms with Crippen LogP contribution in [-0.4, -0.2) is 10.9 Å². The first-order valence-corrected chi connectivity index (χ1v) is 8.04. The Morgan fingerprint density at radius 3 is 2.33 bits per heavy atom. The summed E-state index contributed by atoms with van der Waals surface area (Å²) in [6.45, 7) is 2.00. The Morgan fingerprint density at radius 2 is 1.62 bits per heavy atom. The number of nitrogens with zero attached hydrogens (tertiary/aromatic N) is 1. The monoisotopic (exact) mass is 316 g/mol. The number of para-hydroxylation sites is 1. The summed E-state index contributed by atoms with van der Waals surface area (Å²) in [6, 6.07) is 21.6. The van der Waals surface area contributed by atoms with Gasteiger partial charge in [0, 0.05) is 18.1 Å². The predicted octanol–water partition coefficient (Wildman–Crippen LogP) is 4.36. The van der Waals surface area contributed by atoms with Crippen molar-refractivity contribution >= 4 is 11.6 Å². The number of benzene rings is 2. The largest absolute Gasteiger partial charge is 0.325 e. The molecule has 1 heterocycles. The molecule has 0 bridgehead atoms. The first kappa shape index (κ1) is 15.9. The van der Waals surface area contributed by atoms with E-state index in [1.54, 1.807) is 12.4 Å². The molecule has 0 fully saturated rings. The van der Waals surface area contributed by atoms with Crippen LogP contribution in [0.4, 0.5) is 5.69 Å². The molecule has 0 spiro atoms. The minimum absolute atomic E-state index is 0.00677. The number of hydrogen-bond acceptors (Lipinski definition) is 2. The molecule has 0 saturated carbocycles. The Balaban J connectivity index is 1.87. The summed E-state index contributed by atoms with van der Waals surface area (Å²) in [5.74, 6) is -0.236. The lowest BCUT2D eigenvalue weighted by Gasteiger charge is -2.18. The van der Waals surface area contributed by atoms with Gasteiger partial charge in [0.15, 0.2) is 0 Å². The molecule has 3 rings (SSSR count). The maximum absolute atomic E-state index is 12.9.